The number of aryl methyl sites for hydroxylation is 1. The maximum absolute atomic E-state index is 13.1. The molecule has 7 nitrogen and oxygen atoms in total. The smallest absolute Gasteiger partial charge is 0.329 e. The predicted molar refractivity (Wildman–Crippen MR) is 114 cm³/mol. The Balaban J connectivity index is 1.50. The molecular formula is C22H21ClN4O3. The fourth-order valence-corrected chi connectivity index (χ4v) is 3.84. The van der Waals surface area contributed by atoms with Gasteiger partial charge < -0.3 is 15.5 Å². The maximum atomic E-state index is 13.1. The minimum absolute atomic E-state index is 0.317. The monoisotopic (exact) mass is 424 g/mol. The lowest BCUT2D eigenvalue weighted by molar-refractivity contribution is -0.122. The standard InChI is InChI=1S/C22H21ClN4O3/c1-13-3-5-14(6-4-13)11-24-20(28)17-12-26(2)19-18(17)25-22(30)27(21(19)29)16-9-7-15(23)8-10-16/h3-10,12,18-19H,11H2,1-2H3,(H,24,28)(H,25,30). The van der Waals surface area contributed by atoms with E-state index in [4.69, 9.17) is 11.6 Å². The lowest BCUT2D eigenvalue weighted by Gasteiger charge is -2.37. The van der Waals surface area contributed by atoms with E-state index in [1.807, 2.05) is 31.2 Å². The van der Waals surface area contributed by atoms with Crippen molar-refractivity contribution in [3.8, 4) is 0 Å². The van der Waals surface area contributed by atoms with E-state index in [9.17, 15) is 14.4 Å². The maximum Gasteiger partial charge on any atom is 0.329 e. The molecule has 0 saturated carbocycles. The van der Waals surface area contributed by atoms with Crippen molar-refractivity contribution in [3.05, 3.63) is 76.5 Å². The van der Waals surface area contributed by atoms with Crippen LogP contribution in [0.1, 0.15) is 11.1 Å². The molecule has 2 aromatic carbocycles. The number of nitrogens with one attached hydrogen (secondary N) is 2. The topological polar surface area (TPSA) is 81.8 Å². The molecule has 0 bridgehead atoms. The van der Waals surface area contributed by atoms with Crippen molar-refractivity contribution in [2.45, 2.75) is 25.6 Å². The molecule has 1 saturated heterocycles. The number of anilines is 1. The third kappa shape index (κ3) is 3.64. The molecule has 2 aliphatic heterocycles. The second-order valence-electron chi connectivity index (χ2n) is 7.44. The van der Waals surface area contributed by atoms with Gasteiger partial charge in [0.15, 0.2) is 0 Å². The zero-order chi connectivity index (χ0) is 21.4. The summed E-state index contributed by atoms with van der Waals surface area (Å²) in [5.41, 5.74) is 2.88. The van der Waals surface area contributed by atoms with Crippen LogP contribution in [0.15, 0.2) is 60.3 Å². The van der Waals surface area contributed by atoms with Crippen molar-refractivity contribution in [2.75, 3.05) is 11.9 Å². The second kappa shape index (κ2) is 7.84. The largest absolute Gasteiger partial charge is 0.366 e. The van der Waals surface area contributed by atoms with E-state index in [-0.39, 0.29) is 5.91 Å². The number of likely N-dealkylation sites (N-methyl/N-ethyl adjacent to an activating group) is 1. The van der Waals surface area contributed by atoms with Crippen molar-refractivity contribution >= 4 is 35.1 Å². The number of nitrogens with zero attached hydrogens (tertiary/aromatic N) is 2. The molecular weight excluding hydrogens is 404 g/mol. The lowest BCUT2D eigenvalue weighted by Crippen LogP contribution is -2.65. The summed E-state index contributed by atoms with van der Waals surface area (Å²) < 4.78 is 0. The lowest BCUT2D eigenvalue weighted by atomic mass is 9.99. The Hall–Kier alpha value is -3.32. The Kier molecular flexibility index (Phi) is 5.22. The van der Waals surface area contributed by atoms with E-state index in [1.165, 1.54) is 0 Å². The number of hydrogen-bond donors (Lipinski definition) is 2. The Bertz CT molecular complexity index is 1030. The third-order valence-electron chi connectivity index (χ3n) is 5.31. The third-order valence-corrected chi connectivity index (χ3v) is 5.56. The summed E-state index contributed by atoms with van der Waals surface area (Å²) in [7, 11) is 1.72. The van der Waals surface area contributed by atoms with Crippen molar-refractivity contribution in [2.24, 2.45) is 0 Å². The van der Waals surface area contributed by atoms with Gasteiger partial charge in [-0.05, 0) is 36.8 Å². The molecule has 1 fully saturated rings. The molecule has 30 heavy (non-hydrogen) atoms. The summed E-state index contributed by atoms with van der Waals surface area (Å²) in [6, 6.07) is 12.3. The number of halogens is 1. The molecule has 2 aliphatic rings. The minimum atomic E-state index is -0.712. The van der Waals surface area contributed by atoms with Crippen molar-refractivity contribution < 1.29 is 14.4 Å². The minimum Gasteiger partial charge on any atom is -0.366 e. The first kappa shape index (κ1) is 20.0. The first-order valence-corrected chi connectivity index (χ1v) is 9.90. The number of rotatable bonds is 4. The zero-order valence-electron chi connectivity index (χ0n) is 16.6. The van der Waals surface area contributed by atoms with Gasteiger partial charge in [0.05, 0.1) is 17.3 Å². The van der Waals surface area contributed by atoms with Gasteiger partial charge in [0, 0.05) is 24.8 Å². The Morgan fingerprint density at radius 2 is 1.77 bits per heavy atom. The number of urea groups is 1. The van der Waals surface area contributed by atoms with E-state index < -0.39 is 24.0 Å². The van der Waals surface area contributed by atoms with Crippen LogP contribution in [-0.4, -0.2) is 41.9 Å². The van der Waals surface area contributed by atoms with E-state index in [0.29, 0.717) is 22.8 Å². The number of carbonyl (C=O) groups excluding carboxylic acids is 3. The summed E-state index contributed by atoms with van der Waals surface area (Å²) in [4.78, 5) is 41.4. The summed E-state index contributed by atoms with van der Waals surface area (Å²) in [6.07, 6.45) is 1.61. The van der Waals surface area contributed by atoms with Crippen LogP contribution in [0.3, 0.4) is 0 Å². The summed E-state index contributed by atoms with van der Waals surface area (Å²) in [6.45, 7) is 2.36. The molecule has 2 aromatic rings. The fourth-order valence-electron chi connectivity index (χ4n) is 3.71. The van der Waals surface area contributed by atoms with Crippen molar-refractivity contribution in [1.29, 1.82) is 0 Å². The van der Waals surface area contributed by atoms with Crippen LogP contribution in [0, 0.1) is 6.92 Å². The van der Waals surface area contributed by atoms with Crippen LogP contribution in [0.5, 0.6) is 0 Å². The predicted octanol–water partition coefficient (Wildman–Crippen LogP) is 2.59. The van der Waals surface area contributed by atoms with Gasteiger partial charge in [-0.25, -0.2) is 9.69 Å². The molecule has 2 atom stereocenters. The van der Waals surface area contributed by atoms with Gasteiger partial charge in [0.1, 0.15) is 6.04 Å². The van der Waals surface area contributed by atoms with E-state index in [1.54, 1.807) is 42.4 Å². The molecule has 0 spiro atoms. The van der Waals surface area contributed by atoms with Crippen LogP contribution in [0.2, 0.25) is 5.02 Å². The fraction of sp³-hybridized carbons (Fsp3) is 0.227. The molecule has 2 heterocycles. The van der Waals surface area contributed by atoms with Crippen LogP contribution in [0.4, 0.5) is 10.5 Å². The first-order chi connectivity index (χ1) is 14.3. The van der Waals surface area contributed by atoms with Gasteiger partial charge in [0.2, 0.25) is 0 Å². The molecule has 154 valence electrons. The van der Waals surface area contributed by atoms with Crippen molar-refractivity contribution in [3.63, 3.8) is 0 Å². The summed E-state index contributed by atoms with van der Waals surface area (Å²) >= 11 is 5.91. The number of fused-ring (bicyclic) bond motifs is 1. The van der Waals surface area contributed by atoms with Gasteiger partial charge in [-0.2, -0.15) is 0 Å². The van der Waals surface area contributed by atoms with Gasteiger partial charge >= 0.3 is 6.03 Å². The molecule has 0 radical (unpaired) electrons. The van der Waals surface area contributed by atoms with Gasteiger partial charge in [-0.3, -0.25) is 9.59 Å². The molecule has 4 amide bonds. The number of benzene rings is 2. The van der Waals surface area contributed by atoms with Crippen LogP contribution >= 0.6 is 11.6 Å². The SMILES string of the molecule is Cc1ccc(CNC(=O)C2=CN(C)C3C(=O)N(c4ccc(Cl)cc4)C(=O)NC23)cc1. The highest BCUT2D eigenvalue weighted by atomic mass is 35.5. The van der Waals surface area contributed by atoms with Gasteiger partial charge in [-0.1, -0.05) is 41.4 Å². The zero-order valence-corrected chi connectivity index (χ0v) is 17.3. The number of hydrogen-bond acceptors (Lipinski definition) is 4. The Labute approximate surface area is 179 Å². The van der Waals surface area contributed by atoms with E-state index >= 15 is 0 Å². The Morgan fingerprint density at radius 3 is 2.43 bits per heavy atom. The number of amides is 4. The van der Waals surface area contributed by atoms with E-state index in [2.05, 4.69) is 10.6 Å². The Morgan fingerprint density at radius 1 is 1.10 bits per heavy atom. The quantitative estimate of drug-likeness (QED) is 0.790. The van der Waals surface area contributed by atoms with Gasteiger partial charge in [0.25, 0.3) is 11.8 Å². The van der Waals surface area contributed by atoms with Gasteiger partial charge in [-0.15, -0.1) is 0 Å². The normalized spacial score (nSPS) is 20.6. The first-order valence-electron chi connectivity index (χ1n) is 9.52. The highest BCUT2D eigenvalue weighted by Crippen LogP contribution is 2.29. The van der Waals surface area contributed by atoms with Crippen LogP contribution < -0.4 is 15.5 Å². The van der Waals surface area contributed by atoms with E-state index in [0.717, 1.165) is 16.0 Å². The molecule has 4 rings (SSSR count). The molecule has 0 aliphatic carbocycles. The molecule has 2 N–H and O–H groups in total. The van der Waals surface area contributed by atoms with Crippen LogP contribution in [-0.2, 0) is 16.1 Å². The number of imide groups is 1. The average Bonchev–Trinajstić information content (AvgIpc) is 3.05. The highest BCUT2D eigenvalue weighted by molar-refractivity contribution is 6.30. The molecule has 2 unspecified atom stereocenters. The van der Waals surface area contributed by atoms with Crippen LogP contribution in [0.25, 0.3) is 0 Å². The second-order valence-corrected chi connectivity index (χ2v) is 7.88. The molecule has 0 aromatic heterocycles. The highest BCUT2D eigenvalue weighted by Gasteiger charge is 2.49. The van der Waals surface area contributed by atoms with Crippen molar-refractivity contribution in [1.82, 2.24) is 15.5 Å². The summed E-state index contributed by atoms with van der Waals surface area (Å²) in [5.74, 6) is -0.714. The molecule has 8 heteroatoms. The average molecular weight is 425 g/mol. The number of carbonyl (C=O) groups is 3. The summed E-state index contributed by atoms with van der Waals surface area (Å²) in [5, 5.41) is 6.18.